The molecule has 1 unspecified atom stereocenters. The molecule has 71 heavy (non-hydrogen) atoms. The minimum absolute atomic E-state index is 0.120. The Morgan fingerprint density at radius 1 is 0.296 bits per heavy atom. The maximum absolute atomic E-state index is 12.8. The molecule has 6 nitrogen and oxygen atoms in total. The average molecular weight is 980 g/mol. The van der Waals surface area contributed by atoms with E-state index in [1.165, 1.54) is 38.5 Å². The Morgan fingerprint density at radius 3 is 0.944 bits per heavy atom. The monoisotopic (exact) mass is 979 g/mol. The molecule has 6 heteroatoms. The van der Waals surface area contributed by atoms with Gasteiger partial charge in [-0.15, -0.1) is 0 Å². The van der Waals surface area contributed by atoms with Gasteiger partial charge in [-0.05, 0) is 128 Å². The number of carbonyl (C=O) groups is 3. The molecular weight excluding hydrogens is 877 g/mol. The lowest BCUT2D eigenvalue weighted by atomic mass is 10.1. The van der Waals surface area contributed by atoms with Gasteiger partial charge in [-0.2, -0.15) is 0 Å². The maximum atomic E-state index is 12.8. The molecule has 0 radical (unpaired) electrons. The highest BCUT2D eigenvalue weighted by Gasteiger charge is 2.19. The first-order chi connectivity index (χ1) is 35.0. The minimum Gasteiger partial charge on any atom is -0.462 e. The van der Waals surface area contributed by atoms with Crippen LogP contribution in [0.1, 0.15) is 226 Å². The van der Waals surface area contributed by atoms with Gasteiger partial charge in [-0.1, -0.05) is 224 Å². The quantitative estimate of drug-likeness (QED) is 0.0262. The summed E-state index contributed by atoms with van der Waals surface area (Å²) in [4.78, 5) is 38.1. The van der Waals surface area contributed by atoms with Crippen molar-refractivity contribution in [1.82, 2.24) is 0 Å². The predicted molar refractivity (Wildman–Crippen MR) is 306 cm³/mol. The van der Waals surface area contributed by atoms with E-state index >= 15 is 0 Å². The van der Waals surface area contributed by atoms with E-state index in [9.17, 15) is 14.4 Å². The molecule has 0 aromatic carbocycles. The van der Waals surface area contributed by atoms with Gasteiger partial charge in [0.25, 0.3) is 0 Å². The van der Waals surface area contributed by atoms with Crippen molar-refractivity contribution in [3.05, 3.63) is 146 Å². The van der Waals surface area contributed by atoms with Crippen LogP contribution in [-0.4, -0.2) is 37.2 Å². The van der Waals surface area contributed by atoms with Gasteiger partial charge in [0.05, 0.1) is 0 Å². The summed E-state index contributed by atoms with van der Waals surface area (Å²) < 4.78 is 16.7. The number of rotatable bonds is 49. The van der Waals surface area contributed by atoms with E-state index in [2.05, 4.69) is 154 Å². The third kappa shape index (κ3) is 56.1. The topological polar surface area (TPSA) is 78.9 Å². The first kappa shape index (κ1) is 66.3. The van der Waals surface area contributed by atoms with Gasteiger partial charge in [0.2, 0.25) is 0 Å². The third-order valence-corrected chi connectivity index (χ3v) is 11.3. The summed E-state index contributed by atoms with van der Waals surface area (Å²) in [7, 11) is 0. The van der Waals surface area contributed by atoms with Crippen LogP contribution in [-0.2, 0) is 28.6 Å². The van der Waals surface area contributed by atoms with E-state index in [0.29, 0.717) is 12.8 Å². The van der Waals surface area contributed by atoms with Crippen molar-refractivity contribution in [2.24, 2.45) is 0 Å². The average Bonchev–Trinajstić information content (AvgIpc) is 3.37. The minimum atomic E-state index is -0.827. The predicted octanol–water partition coefficient (Wildman–Crippen LogP) is 19.2. The Labute approximate surface area is 436 Å². The van der Waals surface area contributed by atoms with Crippen molar-refractivity contribution in [2.75, 3.05) is 13.2 Å². The van der Waals surface area contributed by atoms with Gasteiger partial charge in [0.15, 0.2) is 6.10 Å². The zero-order valence-electron chi connectivity index (χ0n) is 45.4. The lowest BCUT2D eigenvalue weighted by Gasteiger charge is -2.18. The van der Waals surface area contributed by atoms with Gasteiger partial charge in [0.1, 0.15) is 13.2 Å². The molecule has 0 aromatic heterocycles. The van der Waals surface area contributed by atoms with Crippen LogP contribution in [0.2, 0.25) is 0 Å². The largest absolute Gasteiger partial charge is 0.462 e. The van der Waals surface area contributed by atoms with Gasteiger partial charge >= 0.3 is 17.9 Å². The standard InChI is InChI=1S/C65H102O6/c1-4-7-10-13-16-19-22-25-27-28-29-30-31-32-33-34-35-36-38-40-43-46-49-52-55-58-64(67)70-61-62(60-69-63(66)57-54-51-48-45-42-39-24-21-18-15-12-9-6-3)71-65(68)59-56-53-50-47-44-41-37-26-23-20-17-14-11-8-5-2/h7,9-10,12,16-21,25-27,29-30,32-33,35-37,39,42,48,51,62H,4-6,8,11,13-15,22-24,28,31,34,38,40-41,43-47,49-50,52-61H2,1-3H3/b10-7-,12-9-,19-16-,20-17-,21-18-,27-25-,30-29-,33-32-,36-35-,37-26-,42-39-,51-48-. The summed E-state index contributed by atoms with van der Waals surface area (Å²) in [5, 5.41) is 0. The summed E-state index contributed by atoms with van der Waals surface area (Å²) in [5.74, 6) is -1.04. The summed E-state index contributed by atoms with van der Waals surface area (Å²) in [6.45, 7) is 6.28. The molecular formula is C65H102O6. The number of hydrogen-bond donors (Lipinski definition) is 0. The molecule has 0 fully saturated rings. The number of unbranched alkanes of at least 4 members (excludes halogenated alkanes) is 14. The normalized spacial score (nSPS) is 13.2. The zero-order valence-corrected chi connectivity index (χ0v) is 45.4. The molecule has 1 atom stereocenters. The fraction of sp³-hybridized carbons (Fsp3) is 0.585. The Morgan fingerprint density at radius 2 is 0.577 bits per heavy atom. The first-order valence-corrected chi connectivity index (χ1v) is 28.3. The molecule has 0 aliphatic rings. The smallest absolute Gasteiger partial charge is 0.306 e. The summed E-state index contributed by atoms with van der Waals surface area (Å²) in [6.07, 6.45) is 82.8. The second-order valence-electron chi connectivity index (χ2n) is 18.1. The Bertz CT molecular complexity index is 1590. The lowest BCUT2D eigenvalue weighted by molar-refractivity contribution is -0.166. The number of hydrogen-bond acceptors (Lipinski definition) is 6. The molecule has 0 aliphatic heterocycles. The second-order valence-corrected chi connectivity index (χ2v) is 18.1. The van der Waals surface area contributed by atoms with Gasteiger partial charge in [-0.3, -0.25) is 14.4 Å². The molecule has 0 aliphatic carbocycles. The molecule has 398 valence electrons. The number of carbonyl (C=O) groups excluding carboxylic acids is 3. The van der Waals surface area contributed by atoms with Crippen LogP contribution in [0.5, 0.6) is 0 Å². The highest BCUT2D eigenvalue weighted by Crippen LogP contribution is 2.13. The summed E-state index contributed by atoms with van der Waals surface area (Å²) in [6, 6.07) is 0. The highest BCUT2D eigenvalue weighted by molar-refractivity contribution is 5.71. The zero-order chi connectivity index (χ0) is 51.4. The highest BCUT2D eigenvalue weighted by atomic mass is 16.6. The van der Waals surface area contributed by atoms with Crippen LogP contribution in [0.15, 0.2) is 146 Å². The Kier molecular flexibility index (Phi) is 54.0. The molecule has 0 N–H and O–H groups in total. The van der Waals surface area contributed by atoms with E-state index in [4.69, 9.17) is 14.2 Å². The molecule has 0 heterocycles. The fourth-order valence-corrected chi connectivity index (χ4v) is 7.13. The van der Waals surface area contributed by atoms with Crippen molar-refractivity contribution in [2.45, 2.75) is 232 Å². The summed E-state index contributed by atoms with van der Waals surface area (Å²) in [5.41, 5.74) is 0. The summed E-state index contributed by atoms with van der Waals surface area (Å²) >= 11 is 0. The van der Waals surface area contributed by atoms with E-state index in [1.54, 1.807) is 0 Å². The Hall–Kier alpha value is -4.71. The van der Waals surface area contributed by atoms with Crippen LogP contribution >= 0.6 is 0 Å². The van der Waals surface area contributed by atoms with Crippen molar-refractivity contribution in [3.8, 4) is 0 Å². The first-order valence-electron chi connectivity index (χ1n) is 28.3. The van der Waals surface area contributed by atoms with Crippen molar-refractivity contribution < 1.29 is 28.6 Å². The van der Waals surface area contributed by atoms with E-state index in [-0.39, 0.29) is 44.0 Å². The maximum Gasteiger partial charge on any atom is 0.306 e. The molecule has 0 rings (SSSR count). The molecule has 0 spiro atoms. The van der Waals surface area contributed by atoms with Crippen molar-refractivity contribution in [3.63, 3.8) is 0 Å². The van der Waals surface area contributed by atoms with Crippen molar-refractivity contribution >= 4 is 17.9 Å². The van der Waals surface area contributed by atoms with Crippen LogP contribution in [0.4, 0.5) is 0 Å². The van der Waals surface area contributed by atoms with Gasteiger partial charge in [-0.25, -0.2) is 0 Å². The number of allylic oxidation sites excluding steroid dienone is 24. The van der Waals surface area contributed by atoms with E-state index in [1.807, 2.05) is 12.2 Å². The molecule has 0 aromatic rings. The molecule has 0 bridgehead atoms. The number of ether oxygens (including phenoxy) is 3. The van der Waals surface area contributed by atoms with E-state index in [0.717, 1.165) is 141 Å². The Balaban J connectivity index is 4.46. The molecule has 0 amide bonds. The molecule has 0 saturated heterocycles. The van der Waals surface area contributed by atoms with Crippen molar-refractivity contribution in [1.29, 1.82) is 0 Å². The molecule has 0 saturated carbocycles. The van der Waals surface area contributed by atoms with Gasteiger partial charge in [0, 0.05) is 19.3 Å². The lowest BCUT2D eigenvalue weighted by Crippen LogP contribution is -2.30. The third-order valence-electron chi connectivity index (χ3n) is 11.3. The number of esters is 3. The van der Waals surface area contributed by atoms with Crippen LogP contribution in [0.25, 0.3) is 0 Å². The van der Waals surface area contributed by atoms with E-state index < -0.39 is 6.10 Å². The van der Waals surface area contributed by atoms with Crippen LogP contribution in [0.3, 0.4) is 0 Å². The second kappa shape index (κ2) is 57.9. The van der Waals surface area contributed by atoms with Gasteiger partial charge < -0.3 is 14.2 Å². The SMILES string of the molecule is CC/C=C\C/C=C\C/C=C\C/C=C\C/C=C\C/C=C\CCCCCCCCC(=O)OCC(COC(=O)CC/C=C\C/C=C\C/C=C\C/C=C\CC)OC(=O)CCCCCCC/C=C\C/C=C\CCCCC. The fourth-order valence-electron chi connectivity index (χ4n) is 7.13. The van der Waals surface area contributed by atoms with Crippen LogP contribution in [0, 0.1) is 0 Å². The van der Waals surface area contributed by atoms with Crippen LogP contribution < -0.4 is 0 Å².